The summed E-state index contributed by atoms with van der Waals surface area (Å²) < 4.78 is 0. The molecule has 1 aliphatic rings. The minimum Gasteiger partial charge on any atom is -0.277 e. The van der Waals surface area contributed by atoms with E-state index in [1.807, 2.05) is 36.4 Å². The number of benzene rings is 2. The van der Waals surface area contributed by atoms with Crippen LogP contribution in [0.3, 0.4) is 0 Å². The molecule has 0 amide bonds. The Morgan fingerprint density at radius 1 is 0.600 bits per heavy atom. The molecule has 2 aromatic carbocycles. The Morgan fingerprint density at radius 2 is 0.950 bits per heavy atom. The molecule has 0 radical (unpaired) electrons. The van der Waals surface area contributed by atoms with Crippen molar-refractivity contribution in [3.63, 3.8) is 0 Å². The smallest absolute Gasteiger partial charge is 0.0897 e. The predicted molar refractivity (Wildman–Crippen MR) is 84.9 cm³/mol. The molecule has 2 unspecified atom stereocenters. The van der Waals surface area contributed by atoms with Gasteiger partial charge in [-0.25, -0.2) is 0 Å². The normalized spacial score (nSPS) is 22.1. The average Bonchev–Trinajstić information content (AvgIpc) is 2.51. The van der Waals surface area contributed by atoms with Crippen LogP contribution in [0, 0.1) is 0 Å². The molecule has 3 rings (SSSR count). The van der Waals surface area contributed by atoms with Crippen molar-refractivity contribution in [2.24, 2.45) is 9.98 Å². The predicted octanol–water partition coefficient (Wildman–Crippen LogP) is 3.76. The fourth-order valence-electron chi connectivity index (χ4n) is 2.60. The van der Waals surface area contributed by atoms with Gasteiger partial charge in [-0.3, -0.25) is 9.98 Å². The van der Waals surface area contributed by atoms with Gasteiger partial charge >= 0.3 is 0 Å². The van der Waals surface area contributed by atoms with Gasteiger partial charge in [0.25, 0.3) is 0 Å². The Labute approximate surface area is 119 Å². The Balaban J connectivity index is 1.95. The highest BCUT2D eigenvalue weighted by atomic mass is 15.0. The average molecular weight is 262 g/mol. The zero-order chi connectivity index (χ0) is 13.9. The Kier molecular flexibility index (Phi) is 3.46. The molecule has 1 heterocycles. The van der Waals surface area contributed by atoms with Crippen LogP contribution < -0.4 is 0 Å². The second-order valence-electron chi connectivity index (χ2n) is 5.11. The fourth-order valence-corrected chi connectivity index (χ4v) is 2.60. The van der Waals surface area contributed by atoms with Crippen LogP contribution >= 0.6 is 0 Å². The maximum absolute atomic E-state index is 4.88. The molecule has 0 saturated carbocycles. The van der Waals surface area contributed by atoms with Crippen LogP contribution in [0.4, 0.5) is 0 Å². The minimum atomic E-state index is 0.101. The summed E-state index contributed by atoms with van der Waals surface area (Å²) in [6, 6.07) is 20.9. The third-order valence-electron chi connectivity index (χ3n) is 3.60. The number of rotatable bonds is 2. The first-order valence-corrected chi connectivity index (χ1v) is 7.02. The highest BCUT2D eigenvalue weighted by Crippen LogP contribution is 2.18. The van der Waals surface area contributed by atoms with Gasteiger partial charge in [0.15, 0.2) is 0 Å². The number of aliphatic imine (C=N–C) groups is 2. The second kappa shape index (κ2) is 5.41. The third kappa shape index (κ3) is 2.42. The molecule has 2 nitrogen and oxygen atoms in total. The SMILES string of the molecule is CC1N=C(c2ccccc2)C(C)N=C1c1ccccc1. The van der Waals surface area contributed by atoms with Gasteiger partial charge < -0.3 is 0 Å². The van der Waals surface area contributed by atoms with Crippen molar-refractivity contribution < 1.29 is 0 Å². The van der Waals surface area contributed by atoms with Gasteiger partial charge in [0, 0.05) is 0 Å². The lowest BCUT2D eigenvalue weighted by Crippen LogP contribution is -2.31. The lowest BCUT2D eigenvalue weighted by Gasteiger charge is -2.23. The summed E-state index contributed by atoms with van der Waals surface area (Å²) in [4.78, 5) is 9.75. The zero-order valence-electron chi connectivity index (χ0n) is 11.8. The van der Waals surface area contributed by atoms with Gasteiger partial charge in [0.05, 0.1) is 23.5 Å². The summed E-state index contributed by atoms with van der Waals surface area (Å²) in [5.74, 6) is 0. The molecular weight excluding hydrogens is 244 g/mol. The van der Waals surface area contributed by atoms with E-state index < -0.39 is 0 Å². The quantitative estimate of drug-likeness (QED) is 0.787. The molecule has 2 aromatic rings. The topological polar surface area (TPSA) is 24.7 Å². The molecule has 0 aromatic heterocycles. The van der Waals surface area contributed by atoms with E-state index in [4.69, 9.17) is 9.98 Å². The van der Waals surface area contributed by atoms with Crippen LogP contribution in [-0.2, 0) is 0 Å². The first kappa shape index (κ1) is 12.8. The van der Waals surface area contributed by atoms with E-state index in [2.05, 4.69) is 38.1 Å². The van der Waals surface area contributed by atoms with Gasteiger partial charge in [-0.05, 0) is 25.0 Å². The summed E-state index contributed by atoms with van der Waals surface area (Å²) in [7, 11) is 0. The summed E-state index contributed by atoms with van der Waals surface area (Å²) in [6.45, 7) is 4.22. The van der Waals surface area contributed by atoms with Crippen LogP contribution in [0.2, 0.25) is 0 Å². The van der Waals surface area contributed by atoms with E-state index in [1.54, 1.807) is 0 Å². The highest BCUT2D eigenvalue weighted by Gasteiger charge is 2.23. The highest BCUT2D eigenvalue weighted by molar-refractivity contribution is 6.13. The van der Waals surface area contributed by atoms with Crippen molar-refractivity contribution in [2.75, 3.05) is 0 Å². The summed E-state index contributed by atoms with van der Waals surface area (Å²) >= 11 is 0. The molecule has 0 bridgehead atoms. The molecule has 2 atom stereocenters. The number of nitrogens with zero attached hydrogens (tertiary/aromatic N) is 2. The van der Waals surface area contributed by atoms with Crippen LogP contribution in [0.15, 0.2) is 70.6 Å². The summed E-state index contributed by atoms with van der Waals surface area (Å²) in [5.41, 5.74) is 4.50. The minimum absolute atomic E-state index is 0.101. The van der Waals surface area contributed by atoms with Crippen molar-refractivity contribution in [2.45, 2.75) is 25.9 Å². The van der Waals surface area contributed by atoms with Gasteiger partial charge in [-0.2, -0.15) is 0 Å². The van der Waals surface area contributed by atoms with Gasteiger partial charge in [-0.1, -0.05) is 60.7 Å². The van der Waals surface area contributed by atoms with Crippen LogP contribution in [0.25, 0.3) is 0 Å². The monoisotopic (exact) mass is 262 g/mol. The van der Waals surface area contributed by atoms with Crippen LogP contribution in [0.5, 0.6) is 0 Å². The summed E-state index contributed by atoms with van der Waals surface area (Å²) in [6.07, 6.45) is 0. The molecule has 0 spiro atoms. The van der Waals surface area contributed by atoms with Crippen LogP contribution in [0.1, 0.15) is 25.0 Å². The standard InChI is InChI=1S/C18H18N2/c1-13-17(15-9-5-3-6-10-15)20-14(2)18(19-13)16-11-7-4-8-12-16/h3-14H,1-2H3. The lowest BCUT2D eigenvalue weighted by atomic mass is 9.98. The van der Waals surface area contributed by atoms with Gasteiger partial charge in [-0.15, -0.1) is 0 Å². The molecule has 100 valence electrons. The van der Waals surface area contributed by atoms with Crippen molar-refractivity contribution in [1.29, 1.82) is 0 Å². The summed E-state index contributed by atoms with van der Waals surface area (Å²) in [5, 5.41) is 0. The van der Waals surface area contributed by atoms with E-state index in [0.717, 1.165) is 11.4 Å². The van der Waals surface area contributed by atoms with E-state index in [1.165, 1.54) is 11.1 Å². The molecule has 2 heteroatoms. The van der Waals surface area contributed by atoms with Crippen molar-refractivity contribution in [3.8, 4) is 0 Å². The third-order valence-corrected chi connectivity index (χ3v) is 3.60. The molecule has 0 fully saturated rings. The van der Waals surface area contributed by atoms with E-state index in [-0.39, 0.29) is 12.1 Å². The fraction of sp³-hybridized carbons (Fsp3) is 0.222. The second-order valence-corrected chi connectivity index (χ2v) is 5.11. The number of hydrogen-bond donors (Lipinski definition) is 0. The van der Waals surface area contributed by atoms with Crippen LogP contribution in [-0.4, -0.2) is 23.5 Å². The molecule has 1 aliphatic heterocycles. The largest absolute Gasteiger partial charge is 0.277 e. The maximum Gasteiger partial charge on any atom is 0.0897 e. The van der Waals surface area contributed by atoms with Crippen molar-refractivity contribution >= 4 is 11.4 Å². The Bertz CT molecular complexity index is 582. The molecule has 0 saturated heterocycles. The first-order chi connectivity index (χ1) is 9.75. The van der Waals surface area contributed by atoms with E-state index in [0.29, 0.717) is 0 Å². The number of hydrogen-bond acceptors (Lipinski definition) is 2. The Morgan fingerprint density at radius 3 is 1.30 bits per heavy atom. The maximum atomic E-state index is 4.88. The van der Waals surface area contributed by atoms with E-state index >= 15 is 0 Å². The lowest BCUT2D eigenvalue weighted by molar-refractivity contribution is 0.858. The van der Waals surface area contributed by atoms with Gasteiger partial charge in [0.2, 0.25) is 0 Å². The molecule has 0 aliphatic carbocycles. The molecule has 20 heavy (non-hydrogen) atoms. The zero-order valence-corrected chi connectivity index (χ0v) is 11.8. The van der Waals surface area contributed by atoms with E-state index in [9.17, 15) is 0 Å². The first-order valence-electron chi connectivity index (χ1n) is 7.02. The molecule has 0 N–H and O–H groups in total. The van der Waals surface area contributed by atoms with Gasteiger partial charge in [0.1, 0.15) is 0 Å². The molecular formula is C18H18N2. The Hall–Kier alpha value is -2.22. The van der Waals surface area contributed by atoms with Crippen molar-refractivity contribution in [3.05, 3.63) is 71.8 Å². The van der Waals surface area contributed by atoms with Crippen molar-refractivity contribution in [1.82, 2.24) is 0 Å².